The average Bonchev–Trinajstić information content (AvgIpc) is 2.68. The lowest BCUT2D eigenvalue weighted by atomic mass is 10.2. The van der Waals surface area contributed by atoms with Gasteiger partial charge in [0, 0.05) is 18.5 Å². The molecular weight excluding hydrogens is 485 g/mol. The fourth-order valence-electron chi connectivity index (χ4n) is 2.20. The molecule has 0 atom stereocenters. The number of halogens is 3. The molecule has 2 rings (SSSR count). The van der Waals surface area contributed by atoms with Crippen LogP contribution in [0.15, 0.2) is 39.9 Å². The Morgan fingerprint density at radius 3 is 2.69 bits per heavy atom. The van der Waals surface area contributed by atoms with Crippen molar-refractivity contribution in [1.29, 1.82) is 0 Å². The van der Waals surface area contributed by atoms with Crippen molar-refractivity contribution >= 4 is 57.2 Å². The molecular formula is C19H18BrCl2N3O4. The lowest BCUT2D eigenvalue weighted by Crippen LogP contribution is -2.29. The molecule has 0 aliphatic rings. The lowest BCUT2D eigenvalue weighted by molar-refractivity contribution is -0.120. The Morgan fingerprint density at radius 1 is 1.24 bits per heavy atom. The lowest BCUT2D eigenvalue weighted by Gasteiger charge is -2.08. The van der Waals surface area contributed by atoms with Gasteiger partial charge < -0.3 is 15.2 Å². The van der Waals surface area contributed by atoms with Gasteiger partial charge in [0.05, 0.1) is 27.3 Å². The standard InChI is InChI=1S/C19H18BrCl2N3O4/c1-2-29-16-8-11(7-13(20)18(16)27)10-24-25-17(26)5-6-23-19(28)12-3-4-14(21)15(22)9-12/h3-4,7-10,27H,2,5-6H2,1H3,(H,23,28)(H,25,26)/b24-10+. The molecule has 7 nitrogen and oxygen atoms in total. The number of hydrogen-bond donors (Lipinski definition) is 3. The molecule has 154 valence electrons. The summed E-state index contributed by atoms with van der Waals surface area (Å²) >= 11 is 14.9. The molecule has 10 heteroatoms. The quantitative estimate of drug-likeness (QED) is 0.373. The molecule has 3 N–H and O–H groups in total. The first-order valence-corrected chi connectivity index (χ1v) is 10.1. The summed E-state index contributed by atoms with van der Waals surface area (Å²) < 4.78 is 5.77. The summed E-state index contributed by atoms with van der Waals surface area (Å²) in [5.74, 6) is -0.443. The van der Waals surface area contributed by atoms with Crippen LogP contribution in [-0.2, 0) is 4.79 Å². The Morgan fingerprint density at radius 2 is 2.00 bits per heavy atom. The molecule has 0 aliphatic carbocycles. The van der Waals surface area contributed by atoms with Gasteiger partial charge in [0.2, 0.25) is 5.91 Å². The summed E-state index contributed by atoms with van der Waals surface area (Å²) in [5, 5.41) is 17.0. The van der Waals surface area contributed by atoms with E-state index in [2.05, 4.69) is 31.8 Å². The Balaban J connectivity index is 1.82. The monoisotopic (exact) mass is 501 g/mol. The van der Waals surface area contributed by atoms with E-state index in [4.69, 9.17) is 27.9 Å². The van der Waals surface area contributed by atoms with E-state index in [1.165, 1.54) is 18.3 Å². The number of rotatable bonds is 8. The second-order valence-electron chi connectivity index (χ2n) is 5.71. The minimum absolute atomic E-state index is 0.00856. The van der Waals surface area contributed by atoms with E-state index >= 15 is 0 Å². The number of carbonyl (C=O) groups is 2. The SMILES string of the molecule is CCOc1cc(/C=N/NC(=O)CCNC(=O)c2ccc(Cl)c(Cl)c2)cc(Br)c1O. The van der Waals surface area contributed by atoms with Crippen LogP contribution >= 0.6 is 39.1 Å². The second-order valence-corrected chi connectivity index (χ2v) is 7.38. The molecule has 0 saturated heterocycles. The van der Waals surface area contributed by atoms with Crippen LogP contribution in [0, 0.1) is 0 Å². The highest BCUT2D eigenvalue weighted by molar-refractivity contribution is 9.10. The number of amides is 2. The van der Waals surface area contributed by atoms with Gasteiger partial charge in [0.1, 0.15) is 0 Å². The molecule has 0 saturated carbocycles. The van der Waals surface area contributed by atoms with E-state index in [1.54, 1.807) is 25.1 Å². The number of phenolic OH excluding ortho intramolecular Hbond substituents is 1. The normalized spacial score (nSPS) is 10.8. The summed E-state index contributed by atoms with van der Waals surface area (Å²) in [6, 6.07) is 7.75. The molecule has 0 spiro atoms. The van der Waals surface area contributed by atoms with Crippen LogP contribution in [0.3, 0.4) is 0 Å². The van der Waals surface area contributed by atoms with Crippen molar-refractivity contribution in [1.82, 2.24) is 10.7 Å². The summed E-state index contributed by atoms with van der Waals surface area (Å²) in [7, 11) is 0. The zero-order chi connectivity index (χ0) is 21.4. The van der Waals surface area contributed by atoms with Crippen LogP contribution in [0.5, 0.6) is 11.5 Å². The molecule has 0 aromatic heterocycles. The molecule has 0 bridgehead atoms. The topological polar surface area (TPSA) is 100 Å². The van der Waals surface area contributed by atoms with Gasteiger partial charge in [-0.2, -0.15) is 5.10 Å². The van der Waals surface area contributed by atoms with E-state index < -0.39 is 0 Å². The maximum Gasteiger partial charge on any atom is 0.251 e. The predicted octanol–water partition coefficient (Wildman–Crippen LogP) is 4.13. The average molecular weight is 503 g/mol. The maximum atomic E-state index is 12.0. The minimum atomic E-state index is -0.376. The smallest absolute Gasteiger partial charge is 0.251 e. The van der Waals surface area contributed by atoms with Crippen molar-refractivity contribution in [3.8, 4) is 11.5 Å². The molecule has 0 radical (unpaired) electrons. The number of nitrogens with one attached hydrogen (secondary N) is 2. The molecule has 2 aromatic carbocycles. The van der Waals surface area contributed by atoms with Crippen LogP contribution in [0.25, 0.3) is 0 Å². The maximum absolute atomic E-state index is 12.0. The fourth-order valence-corrected chi connectivity index (χ4v) is 2.96. The van der Waals surface area contributed by atoms with Crippen molar-refractivity contribution in [2.75, 3.05) is 13.2 Å². The van der Waals surface area contributed by atoms with E-state index in [0.717, 1.165) is 0 Å². The third-order valence-electron chi connectivity index (χ3n) is 3.57. The zero-order valence-electron chi connectivity index (χ0n) is 15.3. The van der Waals surface area contributed by atoms with Crippen molar-refractivity contribution in [3.05, 3.63) is 56.0 Å². The number of ether oxygens (including phenoxy) is 1. The van der Waals surface area contributed by atoms with Crippen molar-refractivity contribution < 1.29 is 19.4 Å². The number of benzene rings is 2. The van der Waals surface area contributed by atoms with Crippen LogP contribution in [0.1, 0.15) is 29.3 Å². The Labute approximate surface area is 186 Å². The van der Waals surface area contributed by atoms with Gasteiger partial charge in [-0.15, -0.1) is 0 Å². The highest BCUT2D eigenvalue weighted by Crippen LogP contribution is 2.35. The first-order valence-electron chi connectivity index (χ1n) is 8.52. The van der Waals surface area contributed by atoms with Gasteiger partial charge >= 0.3 is 0 Å². The molecule has 2 amide bonds. The largest absolute Gasteiger partial charge is 0.503 e. The number of phenols is 1. The van der Waals surface area contributed by atoms with E-state index in [9.17, 15) is 14.7 Å². The van der Waals surface area contributed by atoms with Crippen LogP contribution in [0.2, 0.25) is 10.0 Å². The molecule has 0 heterocycles. The number of aromatic hydroxyl groups is 1. The summed E-state index contributed by atoms with van der Waals surface area (Å²) in [5.41, 5.74) is 3.33. The molecule has 2 aromatic rings. The number of hydrazone groups is 1. The first-order chi connectivity index (χ1) is 13.8. The fraction of sp³-hybridized carbons (Fsp3) is 0.211. The van der Waals surface area contributed by atoms with Crippen molar-refractivity contribution in [2.45, 2.75) is 13.3 Å². The summed E-state index contributed by atoms with van der Waals surface area (Å²) in [4.78, 5) is 23.9. The van der Waals surface area contributed by atoms with Gasteiger partial charge in [-0.25, -0.2) is 5.43 Å². The third-order valence-corrected chi connectivity index (χ3v) is 4.92. The Kier molecular flexibility index (Phi) is 8.75. The van der Waals surface area contributed by atoms with Gasteiger partial charge in [0.25, 0.3) is 5.91 Å². The number of hydrogen-bond acceptors (Lipinski definition) is 5. The highest BCUT2D eigenvalue weighted by atomic mass is 79.9. The third kappa shape index (κ3) is 6.92. The predicted molar refractivity (Wildman–Crippen MR) is 116 cm³/mol. The Bertz CT molecular complexity index is 938. The number of nitrogens with zero attached hydrogens (tertiary/aromatic N) is 1. The zero-order valence-corrected chi connectivity index (χ0v) is 18.4. The Hall–Kier alpha value is -2.29. The number of carbonyl (C=O) groups excluding carboxylic acids is 2. The van der Waals surface area contributed by atoms with E-state index in [0.29, 0.717) is 33.0 Å². The van der Waals surface area contributed by atoms with Crippen LogP contribution < -0.4 is 15.5 Å². The van der Waals surface area contributed by atoms with Crippen molar-refractivity contribution in [3.63, 3.8) is 0 Å². The van der Waals surface area contributed by atoms with Gasteiger partial charge in [0.15, 0.2) is 11.5 Å². The first kappa shape index (κ1) is 23.0. The van der Waals surface area contributed by atoms with E-state index in [-0.39, 0.29) is 35.6 Å². The minimum Gasteiger partial charge on any atom is -0.503 e. The van der Waals surface area contributed by atoms with Crippen LogP contribution in [0.4, 0.5) is 0 Å². The van der Waals surface area contributed by atoms with Gasteiger partial charge in [-0.1, -0.05) is 23.2 Å². The summed E-state index contributed by atoms with van der Waals surface area (Å²) in [6.45, 7) is 2.32. The van der Waals surface area contributed by atoms with Crippen LogP contribution in [-0.4, -0.2) is 36.3 Å². The van der Waals surface area contributed by atoms with E-state index in [1.807, 2.05) is 0 Å². The van der Waals surface area contributed by atoms with Gasteiger partial charge in [-0.05, 0) is 58.7 Å². The molecule has 0 unspecified atom stereocenters. The second kappa shape index (κ2) is 11.0. The molecule has 0 aliphatic heterocycles. The van der Waals surface area contributed by atoms with Crippen molar-refractivity contribution in [2.24, 2.45) is 5.10 Å². The molecule has 0 fully saturated rings. The summed E-state index contributed by atoms with van der Waals surface area (Å²) in [6.07, 6.45) is 1.45. The molecule has 29 heavy (non-hydrogen) atoms. The van der Waals surface area contributed by atoms with Gasteiger partial charge in [-0.3, -0.25) is 9.59 Å². The highest BCUT2D eigenvalue weighted by Gasteiger charge is 2.10.